The predicted molar refractivity (Wildman–Crippen MR) is 288 cm³/mol. The Balaban J connectivity index is 0.000000238. The van der Waals surface area contributed by atoms with Crippen LogP contribution in [0.15, 0.2) is 232 Å². The smallest absolute Gasteiger partial charge is 0.0134 e. The molecule has 0 amide bonds. The number of hydrogen-bond donors (Lipinski definition) is 0. The van der Waals surface area contributed by atoms with E-state index in [0.717, 1.165) is 6.42 Å². The standard InChI is InChI=1S/2C18H15P.C9H10N2O2.C6H5ClN2O2.C4H8.2ClH.Pd/c2*1-4-10-16(11-5-1)19(17-12-6-2-7-13-17)18-14-8-3-9-15-18;1-3-4-7-8(9(12)13-2)11-6-5-10-7;1-11-6(10)4-5(7)9-3-2-8-4;1-3-4-2;;;/h2*1-15H;3,5-6H,1,4H2,2H3;2-3H,1H3;3H,1,4H2,2H3;2*1H;/q;;;;;;;+2/p-2. The van der Waals surface area contributed by atoms with Gasteiger partial charge in [-0.3, -0.25) is 4.98 Å². The van der Waals surface area contributed by atoms with E-state index in [9.17, 15) is 9.59 Å². The number of methoxy groups -OCH3 is 2. The van der Waals surface area contributed by atoms with Gasteiger partial charge in [-0.2, -0.15) is 0 Å². The molecule has 0 aliphatic heterocycles. The third kappa shape index (κ3) is 20.8. The SMILES string of the molecule is C=CCC.C=CCc1nccnc1C(=O)OC.COC(=O)c1nccnc1Cl.[Cl][Pd][Cl].c1ccc(P(c2ccccc2)c2ccccc2)cc1.c1ccc(P(c2ccccc2)c2ccccc2)cc1. The fourth-order valence-corrected chi connectivity index (χ4v) is 10.6. The average molecular weight is 1110 g/mol. The molecule has 2 heterocycles. The minimum atomic E-state index is -0.580. The molecule has 2 aromatic heterocycles. The van der Waals surface area contributed by atoms with Gasteiger partial charge in [0.05, 0.1) is 19.9 Å². The van der Waals surface area contributed by atoms with Gasteiger partial charge in [-0.1, -0.05) is 213 Å². The maximum atomic E-state index is 11.2. The molecular formula is C55H53Cl3N4O4P2Pd. The number of carbonyl (C=O) groups excluding carboxylic acids is 2. The summed E-state index contributed by atoms with van der Waals surface area (Å²) in [6, 6.07) is 64.7. The molecule has 0 bridgehead atoms. The molecule has 6 aromatic carbocycles. The van der Waals surface area contributed by atoms with Gasteiger partial charge in [0, 0.05) is 31.2 Å². The Hall–Kier alpha value is -5.71. The predicted octanol–water partition coefficient (Wildman–Crippen LogP) is 11.8. The Morgan fingerprint density at radius 2 is 0.754 bits per heavy atom. The number of carbonyl (C=O) groups is 2. The zero-order valence-electron chi connectivity index (χ0n) is 38.4. The van der Waals surface area contributed by atoms with Crippen LogP contribution in [0.5, 0.6) is 0 Å². The number of ether oxygens (including phenoxy) is 2. The molecule has 0 radical (unpaired) electrons. The Morgan fingerprint density at radius 1 is 0.493 bits per heavy atom. The molecule has 8 nitrogen and oxygen atoms in total. The Labute approximate surface area is 430 Å². The van der Waals surface area contributed by atoms with Gasteiger partial charge in [0.15, 0.2) is 16.5 Å². The summed E-state index contributed by atoms with van der Waals surface area (Å²) < 4.78 is 8.94. The maximum absolute atomic E-state index is 11.2. The van der Waals surface area contributed by atoms with E-state index in [2.05, 4.69) is 231 Å². The van der Waals surface area contributed by atoms with Gasteiger partial charge in [0.2, 0.25) is 0 Å². The number of benzene rings is 6. The van der Waals surface area contributed by atoms with Crippen molar-refractivity contribution in [2.24, 2.45) is 0 Å². The summed E-state index contributed by atoms with van der Waals surface area (Å²) >= 11 is 5.42. The van der Waals surface area contributed by atoms with E-state index in [0.29, 0.717) is 12.1 Å². The maximum Gasteiger partial charge on any atom is -0.0134 e. The summed E-state index contributed by atoms with van der Waals surface area (Å²) in [5.41, 5.74) is 0.880. The molecule has 0 saturated heterocycles. The molecule has 14 heteroatoms. The molecule has 0 unspecified atom stereocenters. The molecule has 358 valence electrons. The number of nitrogens with zero attached hydrogens (tertiary/aromatic N) is 4. The monoisotopic (exact) mass is 1110 g/mol. The molecule has 0 aliphatic carbocycles. The summed E-state index contributed by atoms with van der Waals surface area (Å²) in [7, 11) is 11.3. The van der Waals surface area contributed by atoms with Crippen molar-refractivity contribution < 1.29 is 35.0 Å². The zero-order valence-corrected chi connectivity index (χ0v) is 44.0. The molecule has 0 spiro atoms. The van der Waals surface area contributed by atoms with Crippen LogP contribution in [0.4, 0.5) is 0 Å². The largest absolute Gasteiger partial charge is 0.0622 e. The van der Waals surface area contributed by atoms with Crippen LogP contribution in [0.25, 0.3) is 0 Å². The van der Waals surface area contributed by atoms with Crippen LogP contribution in [0.3, 0.4) is 0 Å². The van der Waals surface area contributed by atoms with Crippen LogP contribution < -0.4 is 31.8 Å². The molecule has 8 aromatic rings. The second kappa shape index (κ2) is 35.4. The van der Waals surface area contributed by atoms with Crippen molar-refractivity contribution in [3.05, 3.63) is 254 Å². The quantitative estimate of drug-likeness (QED) is 0.0546. The van der Waals surface area contributed by atoms with Gasteiger partial charge in [-0.15, -0.1) is 13.2 Å². The molecule has 69 heavy (non-hydrogen) atoms. The fourth-order valence-electron chi connectivity index (χ4n) is 5.83. The van der Waals surface area contributed by atoms with Crippen molar-refractivity contribution in [3.8, 4) is 0 Å². The average Bonchev–Trinajstić information content (AvgIpc) is 3.41. The minimum Gasteiger partial charge on any atom is -0.0622 e. The minimum absolute atomic E-state index is 0.0386. The van der Waals surface area contributed by atoms with Crippen LogP contribution in [-0.4, -0.2) is 46.1 Å². The normalized spacial score (nSPS) is 9.74. The van der Waals surface area contributed by atoms with Gasteiger partial charge >= 0.3 is 46.9 Å². The number of allylic oxidation sites excluding steroid dienone is 2. The summed E-state index contributed by atoms with van der Waals surface area (Å²) in [6.07, 6.45) is 10.9. The van der Waals surface area contributed by atoms with E-state index in [1.165, 1.54) is 70.8 Å². The third-order valence-electron chi connectivity index (χ3n) is 8.90. The molecule has 0 aliphatic rings. The van der Waals surface area contributed by atoms with E-state index in [4.69, 9.17) is 30.7 Å². The molecule has 0 atom stereocenters. The first kappa shape index (κ1) is 57.6. The van der Waals surface area contributed by atoms with Gasteiger partial charge in [-0.05, 0) is 54.1 Å². The topological polar surface area (TPSA) is 104 Å². The van der Waals surface area contributed by atoms with Crippen LogP contribution >= 0.6 is 46.5 Å². The van der Waals surface area contributed by atoms with Crippen molar-refractivity contribution in [1.82, 2.24) is 19.9 Å². The Kier molecular flexibility index (Phi) is 29.6. The van der Waals surface area contributed by atoms with E-state index < -0.39 is 27.8 Å². The van der Waals surface area contributed by atoms with Crippen molar-refractivity contribution in [3.63, 3.8) is 0 Å². The molecule has 0 N–H and O–H groups in total. The first-order valence-corrected chi connectivity index (χ1v) is 28.2. The summed E-state index contributed by atoms with van der Waals surface area (Å²) in [6.45, 7) is 9.10. The van der Waals surface area contributed by atoms with Crippen molar-refractivity contribution in [2.45, 2.75) is 19.8 Å². The van der Waals surface area contributed by atoms with Crippen molar-refractivity contribution >= 4 is 90.3 Å². The third-order valence-corrected chi connectivity index (χ3v) is 14.1. The molecule has 8 rings (SSSR count). The van der Waals surface area contributed by atoms with E-state index in [1.54, 1.807) is 6.08 Å². The first-order valence-electron chi connectivity index (χ1n) is 21.2. The van der Waals surface area contributed by atoms with Crippen LogP contribution in [0, 0.1) is 0 Å². The summed E-state index contributed by atoms with van der Waals surface area (Å²) in [5.74, 6) is -1.05. The molecule has 0 saturated carbocycles. The van der Waals surface area contributed by atoms with Crippen LogP contribution in [0.1, 0.15) is 40.0 Å². The number of halogens is 3. The number of hydrogen-bond acceptors (Lipinski definition) is 8. The van der Waals surface area contributed by atoms with E-state index in [1.807, 2.05) is 6.08 Å². The molecular weight excluding hydrogens is 1060 g/mol. The number of esters is 2. The van der Waals surface area contributed by atoms with Gasteiger partial charge in [-0.25, -0.2) is 24.5 Å². The zero-order chi connectivity index (χ0) is 49.9. The Morgan fingerprint density at radius 3 is 1.01 bits per heavy atom. The number of aromatic nitrogens is 4. The van der Waals surface area contributed by atoms with E-state index >= 15 is 0 Å². The first-order chi connectivity index (χ1) is 33.8. The van der Waals surface area contributed by atoms with Gasteiger partial charge in [0.25, 0.3) is 0 Å². The second-order valence-electron chi connectivity index (χ2n) is 13.4. The Bertz CT molecular complexity index is 2350. The van der Waals surface area contributed by atoms with Crippen molar-refractivity contribution in [1.29, 1.82) is 0 Å². The van der Waals surface area contributed by atoms with Crippen molar-refractivity contribution in [2.75, 3.05) is 14.2 Å². The van der Waals surface area contributed by atoms with Gasteiger partial charge < -0.3 is 9.47 Å². The van der Waals surface area contributed by atoms with Crippen LogP contribution in [-0.2, 0) is 31.8 Å². The van der Waals surface area contributed by atoms with Crippen LogP contribution in [0.2, 0.25) is 5.15 Å². The fraction of sp³-hybridized carbons (Fsp3) is 0.0909. The summed E-state index contributed by atoms with van der Waals surface area (Å²) in [5, 5.41) is 8.44. The van der Waals surface area contributed by atoms with E-state index in [-0.39, 0.29) is 32.5 Å². The molecule has 0 fully saturated rings. The summed E-state index contributed by atoms with van der Waals surface area (Å²) in [4.78, 5) is 37.2. The number of rotatable bonds is 11. The van der Waals surface area contributed by atoms with Gasteiger partial charge in [0.1, 0.15) is 0 Å². The second-order valence-corrected chi connectivity index (χ2v) is 20.6.